The molecular formula is C41H55N5O14P2. The lowest BCUT2D eigenvalue weighted by molar-refractivity contribution is -0.135. The highest BCUT2D eigenvalue weighted by Crippen LogP contribution is 2.64. The summed E-state index contributed by atoms with van der Waals surface area (Å²) in [5.74, 6) is -0.223. The number of hydrogen-bond donors (Lipinski definition) is 2. The number of unbranched alkanes of at least 4 members (excludes halogenated alkanes) is 9. The molecule has 0 saturated carbocycles. The van der Waals surface area contributed by atoms with Gasteiger partial charge in [-0.05, 0) is 66.8 Å². The number of phosphoric acid groups is 2. The summed E-state index contributed by atoms with van der Waals surface area (Å²) in [4.78, 5) is 64.4. The summed E-state index contributed by atoms with van der Waals surface area (Å²) in [6.07, 6.45) is 12.0. The van der Waals surface area contributed by atoms with Crippen LogP contribution in [0.5, 0.6) is 11.5 Å². The Hall–Kier alpha value is -4.67. The van der Waals surface area contributed by atoms with Crippen molar-refractivity contribution < 1.29 is 55.7 Å². The van der Waals surface area contributed by atoms with Crippen LogP contribution in [-0.4, -0.2) is 39.1 Å². The number of carbonyl (C=O) groups is 2. The van der Waals surface area contributed by atoms with Gasteiger partial charge in [-0.3, -0.25) is 37.5 Å². The molecule has 1 aromatic heterocycles. The summed E-state index contributed by atoms with van der Waals surface area (Å²) in [5, 5.41) is 3.52. The first-order valence-electron chi connectivity index (χ1n) is 20.6. The van der Waals surface area contributed by atoms with Gasteiger partial charge in [-0.25, -0.2) is 13.9 Å². The Morgan fingerprint density at radius 3 is 1.85 bits per heavy atom. The maximum absolute atomic E-state index is 14.0. The van der Waals surface area contributed by atoms with Gasteiger partial charge in [0, 0.05) is 35.2 Å². The molecule has 3 unspecified atom stereocenters. The van der Waals surface area contributed by atoms with Gasteiger partial charge in [0.05, 0.1) is 19.8 Å². The van der Waals surface area contributed by atoms with Crippen molar-refractivity contribution in [2.24, 2.45) is 5.11 Å². The smallest absolute Gasteiger partial charge is 0.427 e. The van der Waals surface area contributed by atoms with Crippen LogP contribution < -0.4 is 20.7 Å². The maximum Gasteiger partial charge on any atom is 0.484 e. The number of aryl methyl sites for hydroxylation is 1. The number of aromatic nitrogens is 2. The van der Waals surface area contributed by atoms with E-state index in [9.17, 15) is 33.2 Å². The van der Waals surface area contributed by atoms with Crippen molar-refractivity contribution in [2.45, 2.75) is 130 Å². The SMILES string of the molecule is CCCCCCCCCCCC(=O)Oc1ccc(COP(=O)(OCc2ccc(OC(=O)CCCC)cc2)OP(=O)(O)OCC2O[C@@H](n3cc(C)c(=O)[nH]c3=O)C=C2N=[N+]=[N-])cc1. The Morgan fingerprint density at radius 2 is 1.32 bits per heavy atom. The zero-order valence-electron chi connectivity index (χ0n) is 35.2. The second-order valence-corrected chi connectivity index (χ2v) is 17.8. The molecule has 0 fully saturated rings. The molecule has 0 saturated heterocycles. The van der Waals surface area contributed by atoms with Crippen LogP contribution in [0.3, 0.4) is 0 Å². The first-order chi connectivity index (χ1) is 29.7. The second kappa shape index (κ2) is 25.4. The molecule has 19 nitrogen and oxygen atoms in total. The fraction of sp³-hybridized carbons (Fsp3) is 0.512. The highest BCUT2D eigenvalue weighted by atomic mass is 31.3. The highest BCUT2D eigenvalue weighted by molar-refractivity contribution is 7.61. The van der Waals surface area contributed by atoms with Crippen molar-refractivity contribution in [3.8, 4) is 11.5 Å². The average molecular weight is 904 g/mol. The molecule has 4 atom stereocenters. The molecule has 0 radical (unpaired) electrons. The zero-order chi connectivity index (χ0) is 45.0. The lowest BCUT2D eigenvalue weighted by atomic mass is 10.1. The Labute approximate surface area is 359 Å². The van der Waals surface area contributed by atoms with Gasteiger partial charge in [-0.15, -0.1) is 0 Å². The van der Waals surface area contributed by atoms with Crippen LogP contribution in [0.15, 0.2) is 81.2 Å². The molecule has 0 spiro atoms. The van der Waals surface area contributed by atoms with Crippen LogP contribution in [-0.2, 0) is 54.6 Å². The number of carbonyl (C=O) groups excluding carboxylic acids is 2. The van der Waals surface area contributed by atoms with Crippen molar-refractivity contribution in [3.63, 3.8) is 0 Å². The number of phosphoric ester groups is 2. The normalized spacial score (nSPS) is 16.7. The highest BCUT2D eigenvalue weighted by Gasteiger charge is 2.40. The van der Waals surface area contributed by atoms with E-state index < -0.39 is 65.0 Å². The summed E-state index contributed by atoms with van der Waals surface area (Å²) in [6.45, 7) is 3.88. The van der Waals surface area contributed by atoms with Crippen molar-refractivity contribution in [2.75, 3.05) is 6.61 Å². The van der Waals surface area contributed by atoms with Crippen LogP contribution in [0, 0.1) is 6.92 Å². The van der Waals surface area contributed by atoms with E-state index >= 15 is 0 Å². The third-order valence-electron chi connectivity index (χ3n) is 9.43. The molecule has 2 aromatic carbocycles. The van der Waals surface area contributed by atoms with Gasteiger partial charge < -0.3 is 19.1 Å². The van der Waals surface area contributed by atoms with Gasteiger partial charge in [-0.1, -0.05) is 101 Å². The van der Waals surface area contributed by atoms with E-state index in [0.717, 1.165) is 36.7 Å². The third kappa shape index (κ3) is 17.2. The lowest BCUT2D eigenvalue weighted by Crippen LogP contribution is -2.33. The minimum atomic E-state index is -5.34. The largest absolute Gasteiger partial charge is 0.484 e. The second-order valence-electron chi connectivity index (χ2n) is 14.5. The lowest BCUT2D eigenvalue weighted by Gasteiger charge is -2.22. The van der Waals surface area contributed by atoms with Crippen molar-refractivity contribution in [3.05, 3.63) is 114 Å². The maximum atomic E-state index is 14.0. The molecule has 1 aliphatic rings. The third-order valence-corrected chi connectivity index (χ3v) is 12.4. The number of rotatable bonds is 28. The van der Waals surface area contributed by atoms with E-state index in [0.29, 0.717) is 17.5 Å². The molecule has 0 aliphatic carbocycles. The number of aromatic amines is 1. The number of nitrogens with zero attached hydrogens (tertiary/aromatic N) is 4. The predicted octanol–water partition coefficient (Wildman–Crippen LogP) is 9.53. The van der Waals surface area contributed by atoms with Gasteiger partial charge in [-0.2, -0.15) is 4.31 Å². The van der Waals surface area contributed by atoms with Crippen molar-refractivity contribution >= 4 is 27.6 Å². The molecular weight excluding hydrogens is 848 g/mol. The van der Waals surface area contributed by atoms with Gasteiger partial charge in [0.1, 0.15) is 17.6 Å². The van der Waals surface area contributed by atoms with Crippen LogP contribution in [0.2, 0.25) is 0 Å². The standard InChI is InChI=1S/C41H55N5O14P2/c1-4-6-8-9-10-11-12-13-14-16-39(48)58-34-23-19-32(20-24-34)28-56-62(53,55-27-31-17-21-33(22-18-31)57-38(47)15-7-5-2)60-61(51,52)54-29-36-35(44-45-42)25-37(59-36)46-26-30(3)40(49)43-41(46)50/h17-26,36-37H,4-16,27-29H2,1-3H3,(H,51,52)(H,43,49,50)/t36?,37-,62?/m1/s1. The molecule has 3 aromatic rings. The molecule has 338 valence electrons. The number of hydrogen-bond acceptors (Lipinski definition) is 14. The Balaban J connectivity index is 1.39. The number of ether oxygens (including phenoxy) is 3. The van der Waals surface area contributed by atoms with E-state index in [-0.39, 0.29) is 41.6 Å². The summed E-state index contributed by atoms with van der Waals surface area (Å²) in [7, 11) is -10.3. The van der Waals surface area contributed by atoms with Gasteiger partial charge in [0.25, 0.3) is 5.56 Å². The van der Waals surface area contributed by atoms with E-state index in [1.165, 1.54) is 99.8 Å². The molecule has 4 rings (SSSR count). The molecule has 2 N–H and O–H groups in total. The van der Waals surface area contributed by atoms with E-state index in [2.05, 4.69) is 21.9 Å². The fourth-order valence-electron chi connectivity index (χ4n) is 6.00. The van der Waals surface area contributed by atoms with Crippen molar-refractivity contribution in [1.29, 1.82) is 0 Å². The van der Waals surface area contributed by atoms with Crippen LogP contribution in [0.25, 0.3) is 10.4 Å². The first kappa shape index (κ1) is 50.0. The number of esters is 2. The van der Waals surface area contributed by atoms with Crippen LogP contribution in [0.4, 0.5) is 0 Å². The summed E-state index contributed by atoms with van der Waals surface area (Å²) in [5.41, 5.74) is 8.51. The molecule has 0 bridgehead atoms. The minimum absolute atomic E-state index is 0.124. The number of benzene rings is 2. The van der Waals surface area contributed by atoms with E-state index in [4.69, 9.17) is 37.6 Å². The van der Waals surface area contributed by atoms with Gasteiger partial charge in [0.2, 0.25) is 0 Å². The monoisotopic (exact) mass is 903 g/mol. The zero-order valence-corrected chi connectivity index (χ0v) is 37.0. The predicted molar refractivity (Wildman–Crippen MR) is 227 cm³/mol. The molecule has 21 heteroatoms. The summed E-state index contributed by atoms with van der Waals surface area (Å²) < 4.78 is 66.0. The average Bonchev–Trinajstić information content (AvgIpc) is 3.64. The van der Waals surface area contributed by atoms with E-state index in [1.807, 2.05) is 6.92 Å². The Bertz CT molecular complexity index is 2220. The quantitative estimate of drug-likeness (QED) is 0.0131. The molecule has 1 aliphatic heterocycles. The summed E-state index contributed by atoms with van der Waals surface area (Å²) >= 11 is 0. The first-order valence-corrected chi connectivity index (χ1v) is 23.6. The number of nitrogens with one attached hydrogen (secondary N) is 1. The molecule has 62 heavy (non-hydrogen) atoms. The van der Waals surface area contributed by atoms with Gasteiger partial charge >= 0.3 is 33.3 Å². The fourth-order valence-corrected chi connectivity index (χ4v) is 8.59. The molecule has 2 heterocycles. The Morgan fingerprint density at radius 1 is 0.806 bits per heavy atom. The number of H-pyrrole nitrogens is 1. The minimum Gasteiger partial charge on any atom is -0.427 e. The summed E-state index contributed by atoms with van der Waals surface area (Å²) in [6, 6.07) is 12.1. The van der Waals surface area contributed by atoms with Crippen LogP contribution in [0.1, 0.15) is 120 Å². The topological polar surface area (TPSA) is 257 Å². The Kier molecular flexibility index (Phi) is 20.5. The number of azide groups is 1. The van der Waals surface area contributed by atoms with Crippen molar-refractivity contribution in [1.82, 2.24) is 9.55 Å². The van der Waals surface area contributed by atoms with E-state index in [1.54, 1.807) is 0 Å². The van der Waals surface area contributed by atoms with Gasteiger partial charge in [0.15, 0.2) is 6.23 Å². The van der Waals surface area contributed by atoms with Crippen LogP contribution >= 0.6 is 15.6 Å². The molecule has 0 amide bonds.